The maximum Gasteiger partial charge on any atom is 0.418 e. The van der Waals surface area contributed by atoms with Gasteiger partial charge in [0.05, 0.1) is 5.69 Å². The highest BCUT2D eigenvalue weighted by Gasteiger charge is 2.39. The number of pyridine rings is 1. The summed E-state index contributed by atoms with van der Waals surface area (Å²) in [6, 6.07) is 4.50. The van der Waals surface area contributed by atoms with E-state index in [4.69, 9.17) is 0 Å². The average molecular weight is 313 g/mol. The monoisotopic (exact) mass is 313 g/mol. The molecular weight excluding hydrogens is 306 g/mol. The molecule has 0 fully saturated rings. The normalized spacial score (nSPS) is 13.5. The van der Waals surface area contributed by atoms with Gasteiger partial charge in [0.2, 0.25) is 0 Å². The molecule has 1 aromatic carbocycles. The largest absolute Gasteiger partial charge is 0.418 e. The van der Waals surface area contributed by atoms with E-state index in [9.17, 15) is 22.7 Å². The van der Waals surface area contributed by atoms with Crippen LogP contribution in [0.25, 0.3) is 22.3 Å². The molecule has 22 heavy (non-hydrogen) atoms. The lowest BCUT2D eigenvalue weighted by molar-refractivity contribution is -0.206. The molecule has 0 radical (unpaired) electrons. The van der Waals surface area contributed by atoms with Crippen molar-refractivity contribution >= 4 is 11.0 Å². The van der Waals surface area contributed by atoms with Crippen LogP contribution in [-0.2, 0) is 0 Å². The second kappa shape index (κ2) is 5.02. The number of rotatable bonds is 2. The zero-order valence-electron chi connectivity index (χ0n) is 10.7. The van der Waals surface area contributed by atoms with E-state index >= 15 is 0 Å². The van der Waals surface area contributed by atoms with Gasteiger partial charge in [0.25, 0.3) is 0 Å². The van der Waals surface area contributed by atoms with Crippen LogP contribution in [0.3, 0.4) is 0 Å². The van der Waals surface area contributed by atoms with Gasteiger partial charge in [0.15, 0.2) is 17.4 Å². The zero-order valence-corrected chi connectivity index (χ0v) is 10.7. The van der Waals surface area contributed by atoms with E-state index < -0.39 is 23.7 Å². The number of halogens is 4. The van der Waals surface area contributed by atoms with Crippen molar-refractivity contribution in [3.63, 3.8) is 0 Å². The van der Waals surface area contributed by atoms with E-state index in [2.05, 4.69) is 19.9 Å². The lowest BCUT2D eigenvalue weighted by atomic mass is 10.1. The average Bonchev–Trinajstić information content (AvgIpc) is 2.94. The Bertz CT molecular complexity index is 832. The third-order valence-corrected chi connectivity index (χ3v) is 3.02. The topological polar surface area (TPSA) is 72.0 Å². The highest BCUT2D eigenvalue weighted by atomic mass is 19.4. The number of benzene rings is 1. The van der Waals surface area contributed by atoms with Crippen LogP contribution in [0.5, 0.6) is 0 Å². The minimum atomic E-state index is -4.80. The number of aromatic nitrogens is 3. The van der Waals surface area contributed by atoms with Crippen molar-refractivity contribution in [2.45, 2.75) is 12.3 Å². The fraction of sp³-hybridized carbons (Fsp3) is 0.154. The highest BCUT2D eigenvalue weighted by molar-refractivity contribution is 5.80. The third-order valence-electron chi connectivity index (χ3n) is 3.02. The van der Waals surface area contributed by atoms with Crippen LogP contribution in [-0.4, -0.2) is 26.6 Å². The van der Waals surface area contributed by atoms with Gasteiger partial charge < -0.3 is 5.11 Å². The molecule has 2 aromatic heterocycles. The van der Waals surface area contributed by atoms with E-state index in [1.807, 2.05) is 0 Å². The van der Waals surface area contributed by atoms with Crippen LogP contribution in [0.2, 0.25) is 0 Å². The molecule has 0 bridgehead atoms. The molecule has 1 atom stereocenters. The van der Waals surface area contributed by atoms with Gasteiger partial charge in [-0.15, -0.1) is 0 Å². The first-order chi connectivity index (χ1) is 10.4. The van der Waals surface area contributed by atoms with Gasteiger partial charge in [0.1, 0.15) is 5.52 Å². The number of aliphatic hydroxyl groups is 1. The van der Waals surface area contributed by atoms with Crippen molar-refractivity contribution in [2.24, 2.45) is 0 Å². The van der Waals surface area contributed by atoms with Crippen LogP contribution < -0.4 is 0 Å². The molecule has 3 aromatic rings. The van der Waals surface area contributed by atoms with E-state index in [0.717, 1.165) is 24.4 Å². The standard InChI is InChI=1S/C13H7F4N3O2/c14-8-3-7(5-10-11(8)20-22-19-10)9-4-6(1-2-18-9)12(21)13(15,16)17/h1-5,12,21H. The Hall–Kier alpha value is -2.55. The van der Waals surface area contributed by atoms with Gasteiger partial charge in [-0.3, -0.25) is 4.98 Å². The Labute approximate surface area is 120 Å². The quantitative estimate of drug-likeness (QED) is 0.736. The third kappa shape index (κ3) is 2.50. The summed E-state index contributed by atoms with van der Waals surface area (Å²) < 4.78 is 55.8. The molecule has 2 heterocycles. The first kappa shape index (κ1) is 14.4. The molecule has 9 heteroatoms. The van der Waals surface area contributed by atoms with Crippen molar-refractivity contribution in [2.75, 3.05) is 0 Å². The smallest absolute Gasteiger partial charge is 0.379 e. The van der Waals surface area contributed by atoms with Gasteiger partial charge in [0, 0.05) is 11.8 Å². The van der Waals surface area contributed by atoms with Crippen molar-refractivity contribution in [1.29, 1.82) is 0 Å². The van der Waals surface area contributed by atoms with Gasteiger partial charge in [-0.2, -0.15) is 13.2 Å². The van der Waals surface area contributed by atoms with Crippen molar-refractivity contribution in [3.05, 3.63) is 41.8 Å². The fourth-order valence-corrected chi connectivity index (χ4v) is 1.96. The molecule has 114 valence electrons. The first-order valence-corrected chi connectivity index (χ1v) is 5.99. The SMILES string of the molecule is OC(c1ccnc(-c2cc(F)c3nonc3c2)c1)C(F)(F)F. The van der Waals surface area contributed by atoms with Crippen LogP contribution in [0.1, 0.15) is 11.7 Å². The van der Waals surface area contributed by atoms with Gasteiger partial charge in [-0.25, -0.2) is 9.02 Å². The molecule has 0 saturated carbocycles. The summed E-state index contributed by atoms with van der Waals surface area (Å²) in [5, 5.41) is 16.1. The predicted octanol–water partition coefficient (Wildman–Crippen LogP) is 3.02. The summed E-state index contributed by atoms with van der Waals surface area (Å²) in [7, 11) is 0. The molecule has 0 spiro atoms. The molecule has 0 saturated heterocycles. The molecule has 1 N–H and O–H groups in total. The number of nitrogens with zero attached hydrogens (tertiary/aromatic N) is 3. The Morgan fingerprint density at radius 2 is 1.91 bits per heavy atom. The molecule has 1 unspecified atom stereocenters. The summed E-state index contributed by atoms with van der Waals surface area (Å²) in [5.74, 6) is -0.739. The molecular formula is C13H7F4N3O2. The van der Waals surface area contributed by atoms with Crippen LogP contribution in [0.15, 0.2) is 35.1 Å². The van der Waals surface area contributed by atoms with Crippen molar-refractivity contribution in [1.82, 2.24) is 15.3 Å². The molecule has 0 amide bonds. The molecule has 3 rings (SSSR count). The minimum Gasteiger partial charge on any atom is -0.379 e. The van der Waals surface area contributed by atoms with Crippen molar-refractivity contribution in [3.8, 4) is 11.3 Å². The van der Waals surface area contributed by atoms with E-state index in [-0.39, 0.29) is 22.3 Å². The summed E-state index contributed by atoms with van der Waals surface area (Å²) in [6.45, 7) is 0. The molecule has 5 nitrogen and oxygen atoms in total. The zero-order chi connectivity index (χ0) is 15.9. The number of hydrogen-bond acceptors (Lipinski definition) is 5. The van der Waals surface area contributed by atoms with Crippen LogP contribution >= 0.6 is 0 Å². The van der Waals surface area contributed by atoms with E-state index in [1.54, 1.807) is 0 Å². The Balaban J connectivity index is 2.07. The summed E-state index contributed by atoms with van der Waals surface area (Å²) in [5.41, 5.74) is -0.119. The van der Waals surface area contributed by atoms with Gasteiger partial charge >= 0.3 is 6.18 Å². The fourth-order valence-electron chi connectivity index (χ4n) is 1.96. The number of alkyl halides is 3. The maximum absolute atomic E-state index is 13.8. The van der Waals surface area contributed by atoms with Crippen LogP contribution in [0, 0.1) is 5.82 Å². The summed E-state index contributed by atoms with van der Waals surface area (Å²) in [6.07, 6.45) is -6.34. The Kier molecular flexibility index (Phi) is 3.28. The van der Waals surface area contributed by atoms with Gasteiger partial charge in [-0.05, 0) is 40.1 Å². The highest BCUT2D eigenvalue weighted by Crippen LogP contribution is 2.34. The predicted molar refractivity (Wildman–Crippen MR) is 66.0 cm³/mol. The number of fused-ring (bicyclic) bond motifs is 1. The van der Waals surface area contributed by atoms with Crippen LogP contribution in [0.4, 0.5) is 17.6 Å². The minimum absolute atomic E-state index is 0.0598. The van der Waals surface area contributed by atoms with Crippen molar-refractivity contribution < 1.29 is 27.3 Å². The number of aliphatic hydroxyl groups excluding tert-OH is 1. The molecule has 0 aliphatic rings. The Morgan fingerprint density at radius 1 is 1.14 bits per heavy atom. The molecule has 0 aliphatic heterocycles. The summed E-state index contributed by atoms with van der Waals surface area (Å²) in [4.78, 5) is 3.88. The van der Waals surface area contributed by atoms with E-state index in [0.29, 0.717) is 0 Å². The second-order valence-corrected chi connectivity index (χ2v) is 4.51. The first-order valence-electron chi connectivity index (χ1n) is 5.99. The Morgan fingerprint density at radius 3 is 2.64 bits per heavy atom. The number of hydrogen-bond donors (Lipinski definition) is 1. The molecule has 0 aliphatic carbocycles. The maximum atomic E-state index is 13.8. The summed E-state index contributed by atoms with van der Waals surface area (Å²) >= 11 is 0. The second-order valence-electron chi connectivity index (χ2n) is 4.51. The van der Waals surface area contributed by atoms with Gasteiger partial charge in [-0.1, -0.05) is 0 Å². The lowest BCUT2D eigenvalue weighted by Gasteiger charge is -2.15. The lowest BCUT2D eigenvalue weighted by Crippen LogP contribution is -2.20. The van der Waals surface area contributed by atoms with E-state index in [1.165, 1.54) is 6.07 Å².